The van der Waals surface area contributed by atoms with E-state index < -0.39 is 0 Å². The maximum absolute atomic E-state index is 12.6. The topological polar surface area (TPSA) is 80.0 Å². The van der Waals surface area contributed by atoms with Gasteiger partial charge in [-0.25, -0.2) is 4.68 Å². The summed E-state index contributed by atoms with van der Waals surface area (Å²) in [5.41, 5.74) is 3.02. The third-order valence-corrected chi connectivity index (χ3v) is 5.15. The monoisotopic (exact) mass is 344 g/mol. The third-order valence-electron chi connectivity index (χ3n) is 5.15. The van der Waals surface area contributed by atoms with Crippen LogP contribution in [0.4, 0.5) is 0 Å². The molecule has 0 aliphatic rings. The Balaban J connectivity index is 2.14. The molecular formula is C19H28N4O2. The van der Waals surface area contributed by atoms with Gasteiger partial charge in [0.05, 0.1) is 11.4 Å². The van der Waals surface area contributed by atoms with Crippen molar-refractivity contribution >= 4 is 5.91 Å². The van der Waals surface area contributed by atoms with E-state index in [2.05, 4.69) is 29.5 Å². The molecule has 6 heteroatoms. The minimum Gasteiger partial charge on any atom is -0.396 e. The van der Waals surface area contributed by atoms with Gasteiger partial charge in [-0.05, 0) is 50.7 Å². The van der Waals surface area contributed by atoms with Crippen LogP contribution in [-0.2, 0) is 0 Å². The SMILES string of the molecule is CCC(CC)(CCO)CNC(=O)c1nnn(-c2ccc(C)cc2)c1C. The van der Waals surface area contributed by atoms with Gasteiger partial charge in [0.2, 0.25) is 0 Å². The average Bonchev–Trinajstić information content (AvgIpc) is 3.01. The Labute approximate surface area is 149 Å². The highest BCUT2D eigenvalue weighted by Gasteiger charge is 2.27. The molecule has 2 aromatic rings. The first-order chi connectivity index (χ1) is 12.0. The van der Waals surface area contributed by atoms with E-state index in [9.17, 15) is 9.90 Å². The molecule has 0 saturated heterocycles. The number of aliphatic hydroxyl groups is 1. The average molecular weight is 344 g/mol. The van der Waals surface area contributed by atoms with Crippen LogP contribution in [0.2, 0.25) is 0 Å². The number of benzene rings is 1. The second-order valence-corrected chi connectivity index (χ2v) is 6.63. The Morgan fingerprint density at radius 1 is 1.20 bits per heavy atom. The van der Waals surface area contributed by atoms with Crippen LogP contribution in [0, 0.1) is 19.3 Å². The number of aromatic nitrogens is 3. The molecule has 0 radical (unpaired) electrons. The van der Waals surface area contributed by atoms with Crippen LogP contribution in [0.15, 0.2) is 24.3 Å². The number of nitrogens with zero attached hydrogens (tertiary/aromatic N) is 3. The molecule has 1 aromatic heterocycles. The number of hydrogen-bond acceptors (Lipinski definition) is 4. The number of carbonyl (C=O) groups excluding carboxylic acids is 1. The van der Waals surface area contributed by atoms with Gasteiger partial charge >= 0.3 is 0 Å². The van der Waals surface area contributed by atoms with Crippen molar-refractivity contribution in [1.29, 1.82) is 0 Å². The highest BCUT2D eigenvalue weighted by molar-refractivity contribution is 5.93. The quantitative estimate of drug-likeness (QED) is 0.772. The van der Waals surface area contributed by atoms with Gasteiger partial charge in [0.1, 0.15) is 0 Å². The summed E-state index contributed by atoms with van der Waals surface area (Å²) in [4.78, 5) is 12.6. The van der Waals surface area contributed by atoms with Crippen LogP contribution < -0.4 is 5.32 Å². The fourth-order valence-corrected chi connectivity index (χ4v) is 3.00. The third kappa shape index (κ3) is 4.25. The molecular weight excluding hydrogens is 316 g/mol. The highest BCUT2D eigenvalue weighted by atomic mass is 16.3. The molecule has 0 aliphatic carbocycles. The first-order valence-corrected chi connectivity index (χ1v) is 8.84. The van der Waals surface area contributed by atoms with Crippen molar-refractivity contribution in [3.05, 3.63) is 41.2 Å². The molecule has 0 spiro atoms. The molecule has 1 aromatic carbocycles. The Morgan fingerprint density at radius 2 is 1.84 bits per heavy atom. The van der Waals surface area contributed by atoms with Crippen LogP contribution in [0.5, 0.6) is 0 Å². The number of hydrogen-bond donors (Lipinski definition) is 2. The lowest BCUT2D eigenvalue weighted by atomic mass is 9.79. The van der Waals surface area contributed by atoms with Gasteiger partial charge in [-0.1, -0.05) is 36.8 Å². The molecule has 25 heavy (non-hydrogen) atoms. The number of rotatable bonds is 8. The summed E-state index contributed by atoms with van der Waals surface area (Å²) in [6.07, 6.45) is 2.48. The smallest absolute Gasteiger partial charge is 0.273 e. The van der Waals surface area contributed by atoms with Crippen molar-refractivity contribution in [2.75, 3.05) is 13.2 Å². The lowest BCUT2D eigenvalue weighted by molar-refractivity contribution is 0.0901. The molecule has 0 saturated carbocycles. The number of carbonyl (C=O) groups is 1. The van der Waals surface area contributed by atoms with Crippen LogP contribution in [0.1, 0.15) is 54.9 Å². The van der Waals surface area contributed by atoms with Gasteiger partial charge < -0.3 is 10.4 Å². The predicted octanol–water partition coefficient (Wildman–Crippen LogP) is 2.80. The molecule has 1 amide bonds. The van der Waals surface area contributed by atoms with Gasteiger partial charge in [-0.2, -0.15) is 0 Å². The van der Waals surface area contributed by atoms with Crippen molar-refractivity contribution in [2.24, 2.45) is 5.41 Å². The van der Waals surface area contributed by atoms with Crippen LogP contribution in [-0.4, -0.2) is 39.2 Å². The van der Waals surface area contributed by atoms with E-state index in [0.717, 1.165) is 18.5 Å². The zero-order valence-corrected chi connectivity index (χ0v) is 15.5. The summed E-state index contributed by atoms with van der Waals surface area (Å²) in [6, 6.07) is 7.92. The zero-order valence-electron chi connectivity index (χ0n) is 15.5. The molecule has 136 valence electrons. The van der Waals surface area contributed by atoms with E-state index in [1.165, 1.54) is 5.56 Å². The number of nitrogens with one attached hydrogen (secondary N) is 1. The van der Waals surface area contributed by atoms with Gasteiger partial charge in [-0.15, -0.1) is 5.10 Å². The van der Waals surface area contributed by atoms with E-state index in [4.69, 9.17) is 0 Å². The van der Waals surface area contributed by atoms with E-state index in [1.807, 2.05) is 38.1 Å². The lowest BCUT2D eigenvalue weighted by Gasteiger charge is -2.31. The fraction of sp³-hybridized carbons (Fsp3) is 0.526. The Morgan fingerprint density at radius 3 is 2.40 bits per heavy atom. The van der Waals surface area contributed by atoms with Crippen LogP contribution in [0.25, 0.3) is 5.69 Å². The zero-order chi connectivity index (χ0) is 18.4. The number of amides is 1. The first kappa shape index (κ1) is 19.1. The van der Waals surface area contributed by atoms with Crippen LogP contribution >= 0.6 is 0 Å². The maximum atomic E-state index is 12.6. The van der Waals surface area contributed by atoms with E-state index in [-0.39, 0.29) is 17.9 Å². The molecule has 2 rings (SSSR count). The van der Waals surface area contributed by atoms with E-state index in [0.29, 0.717) is 24.4 Å². The molecule has 0 aliphatic heterocycles. The summed E-state index contributed by atoms with van der Waals surface area (Å²) in [5.74, 6) is -0.222. The molecule has 0 bridgehead atoms. The molecule has 1 heterocycles. The van der Waals surface area contributed by atoms with Crippen molar-refractivity contribution in [1.82, 2.24) is 20.3 Å². The van der Waals surface area contributed by atoms with Crippen molar-refractivity contribution in [2.45, 2.75) is 47.0 Å². The number of aryl methyl sites for hydroxylation is 1. The summed E-state index contributed by atoms with van der Waals surface area (Å²) in [5, 5.41) is 20.5. The lowest BCUT2D eigenvalue weighted by Crippen LogP contribution is -2.38. The predicted molar refractivity (Wildman–Crippen MR) is 97.9 cm³/mol. The summed E-state index contributed by atoms with van der Waals surface area (Å²) >= 11 is 0. The van der Waals surface area contributed by atoms with Crippen LogP contribution in [0.3, 0.4) is 0 Å². The Bertz CT molecular complexity index is 703. The summed E-state index contributed by atoms with van der Waals surface area (Å²) in [6.45, 7) is 8.69. The second kappa shape index (κ2) is 8.25. The largest absolute Gasteiger partial charge is 0.396 e. The fourth-order valence-electron chi connectivity index (χ4n) is 3.00. The molecule has 6 nitrogen and oxygen atoms in total. The molecule has 0 unspecified atom stereocenters. The summed E-state index contributed by atoms with van der Waals surface area (Å²) < 4.78 is 1.68. The van der Waals surface area contributed by atoms with Gasteiger partial charge in [0.25, 0.3) is 5.91 Å². The van der Waals surface area contributed by atoms with Gasteiger partial charge in [0, 0.05) is 13.2 Å². The van der Waals surface area contributed by atoms with Gasteiger partial charge in [0.15, 0.2) is 5.69 Å². The minimum absolute atomic E-state index is 0.0781. The summed E-state index contributed by atoms with van der Waals surface area (Å²) in [7, 11) is 0. The normalized spacial score (nSPS) is 11.6. The van der Waals surface area contributed by atoms with Crippen molar-refractivity contribution < 1.29 is 9.90 Å². The Kier molecular flexibility index (Phi) is 6.31. The molecule has 0 atom stereocenters. The molecule has 0 fully saturated rings. The van der Waals surface area contributed by atoms with E-state index >= 15 is 0 Å². The highest BCUT2D eigenvalue weighted by Crippen LogP contribution is 2.29. The Hall–Kier alpha value is -2.21. The first-order valence-electron chi connectivity index (χ1n) is 8.84. The van der Waals surface area contributed by atoms with Gasteiger partial charge in [-0.3, -0.25) is 4.79 Å². The van der Waals surface area contributed by atoms with Crippen molar-refractivity contribution in [3.8, 4) is 5.69 Å². The van der Waals surface area contributed by atoms with E-state index in [1.54, 1.807) is 4.68 Å². The molecule has 2 N–H and O–H groups in total. The maximum Gasteiger partial charge on any atom is 0.273 e. The second-order valence-electron chi connectivity index (χ2n) is 6.63. The number of aliphatic hydroxyl groups excluding tert-OH is 1. The minimum atomic E-state index is -0.222. The van der Waals surface area contributed by atoms with Crippen molar-refractivity contribution in [3.63, 3.8) is 0 Å². The standard InChI is InChI=1S/C19H28N4O2/c1-5-19(6-2,11-12-24)13-20-18(25)17-15(4)23(22-21-17)16-9-7-14(3)8-10-16/h7-10,24H,5-6,11-13H2,1-4H3,(H,20,25).